The lowest BCUT2D eigenvalue weighted by atomic mass is 10.1. The number of hydrogen-bond donors (Lipinski definition) is 1. The Morgan fingerprint density at radius 1 is 1.16 bits per heavy atom. The van der Waals surface area contributed by atoms with E-state index in [4.69, 9.17) is 4.74 Å². The van der Waals surface area contributed by atoms with Gasteiger partial charge < -0.3 is 10.1 Å². The number of rotatable bonds is 4. The van der Waals surface area contributed by atoms with Gasteiger partial charge in [-0.2, -0.15) is 13.2 Å². The monoisotopic (exact) mass is 351 g/mol. The van der Waals surface area contributed by atoms with E-state index in [0.29, 0.717) is 16.2 Å². The maximum Gasteiger partial charge on any atom is 0.416 e. The predicted molar refractivity (Wildman–Crippen MR) is 82.5 cm³/mol. The number of carbonyl (C=O) groups is 1. The molecule has 0 radical (unpaired) electrons. The molecule has 0 saturated heterocycles. The Bertz CT molecular complexity index is 821. The summed E-state index contributed by atoms with van der Waals surface area (Å²) in [4.78, 5) is 24.0. The summed E-state index contributed by atoms with van der Waals surface area (Å²) in [6, 6.07) is 10.9. The number of fused-ring (bicyclic) bond motifs is 1. The predicted octanol–water partition coefficient (Wildman–Crippen LogP) is 3.65. The molecule has 1 N–H and O–H groups in total. The van der Waals surface area contributed by atoms with E-state index in [-0.39, 0.29) is 18.5 Å². The van der Waals surface area contributed by atoms with Crippen LogP contribution in [0.3, 0.4) is 0 Å². The lowest BCUT2D eigenvalue weighted by molar-refractivity contribution is -0.529. The number of benzene rings is 2. The van der Waals surface area contributed by atoms with Crippen LogP contribution in [0.5, 0.6) is 5.75 Å². The van der Waals surface area contributed by atoms with Gasteiger partial charge in [0.05, 0.1) is 16.7 Å². The standard InChI is InChI=1S/C17H13F3N2O3/c18-17(19,20)12-5-3-4-11(10-12)16(23)21-9-8-15-22(24)13-6-1-2-7-14(13)25-15/h1-7,10,15H,8-9H2/p+1. The Morgan fingerprint density at radius 3 is 2.64 bits per heavy atom. The molecule has 3 rings (SSSR count). The van der Waals surface area contributed by atoms with Gasteiger partial charge in [0.1, 0.15) is 0 Å². The fourth-order valence-electron chi connectivity index (χ4n) is 2.51. The minimum Gasteiger partial charge on any atom is -0.423 e. The van der Waals surface area contributed by atoms with Gasteiger partial charge in [-0.05, 0) is 24.3 Å². The Labute approximate surface area is 141 Å². The summed E-state index contributed by atoms with van der Waals surface area (Å²) in [5.74, 6) is -0.175. The summed E-state index contributed by atoms with van der Waals surface area (Å²) < 4.78 is 44.2. The second kappa shape index (κ2) is 6.54. The molecule has 5 nitrogen and oxygen atoms in total. The molecule has 1 atom stereocenters. The summed E-state index contributed by atoms with van der Waals surface area (Å²) in [5, 5.41) is 2.50. The zero-order chi connectivity index (χ0) is 18.0. The number of ether oxygens (including phenoxy) is 1. The minimum absolute atomic E-state index is 0.0898. The van der Waals surface area contributed by atoms with Gasteiger partial charge in [-0.15, -0.1) is 0 Å². The Hall–Kier alpha value is -2.90. The summed E-state index contributed by atoms with van der Waals surface area (Å²) >= 11 is 0. The molecule has 0 bridgehead atoms. The van der Waals surface area contributed by atoms with Crippen LogP contribution in [0.25, 0.3) is 0 Å². The van der Waals surface area contributed by atoms with E-state index < -0.39 is 23.9 Å². The average molecular weight is 351 g/mol. The van der Waals surface area contributed by atoms with Crippen LogP contribution in [-0.4, -0.2) is 23.4 Å². The number of amides is 1. The maximum atomic E-state index is 12.7. The van der Waals surface area contributed by atoms with E-state index in [9.17, 15) is 22.9 Å². The third kappa shape index (κ3) is 3.62. The number of halogens is 3. The average Bonchev–Trinajstić information content (AvgIpc) is 2.91. The van der Waals surface area contributed by atoms with Gasteiger partial charge in [0, 0.05) is 23.1 Å². The van der Waals surface area contributed by atoms with Crippen LogP contribution in [0.15, 0.2) is 48.5 Å². The highest BCUT2D eigenvalue weighted by Gasteiger charge is 2.39. The highest BCUT2D eigenvalue weighted by atomic mass is 19.4. The van der Waals surface area contributed by atoms with Crippen molar-refractivity contribution in [3.8, 4) is 5.75 Å². The second-order valence-electron chi connectivity index (χ2n) is 5.49. The van der Waals surface area contributed by atoms with E-state index in [2.05, 4.69) is 5.32 Å². The molecule has 1 heterocycles. The molecule has 1 aliphatic rings. The first-order valence-corrected chi connectivity index (χ1v) is 7.54. The lowest BCUT2D eigenvalue weighted by Crippen LogP contribution is -2.31. The van der Waals surface area contributed by atoms with Crippen LogP contribution in [0.4, 0.5) is 18.9 Å². The molecule has 1 unspecified atom stereocenters. The number of nitrogens with one attached hydrogen (secondary N) is 1. The van der Waals surface area contributed by atoms with E-state index in [1.54, 1.807) is 24.3 Å². The number of nitrogens with zero attached hydrogens (tertiary/aromatic N) is 1. The first-order valence-electron chi connectivity index (χ1n) is 7.54. The minimum atomic E-state index is -4.51. The van der Waals surface area contributed by atoms with Gasteiger partial charge in [0.15, 0.2) is 0 Å². The summed E-state index contributed by atoms with van der Waals surface area (Å²) in [7, 11) is 0. The van der Waals surface area contributed by atoms with Crippen LogP contribution in [0, 0.1) is 4.91 Å². The maximum absolute atomic E-state index is 12.7. The molecule has 1 aliphatic heterocycles. The van der Waals surface area contributed by atoms with Crippen molar-refractivity contribution in [1.29, 1.82) is 0 Å². The molecule has 1 amide bonds. The Balaban J connectivity index is 1.57. The van der Waals surface area contributed by atoms with Crippen molar-refractivity contribution in [3.63, 3.8) is 0 Å². The van der Waals surface area contributed by atoms with E-state index >= 15 is 0 Å². The molecule has 0 aromatic heterocycles. The van der Waals surface area contributed by atoms with Crippen molar-refractivity contribution in [2.45, 2.75) is 18.8 Å². The molecule has 0 spiro atoms. The fourth-order valence-corrected chi connectivity index (χ4v) is 2.51. The van der Waals surface area contributed by atoms with Crippen molar-refractivity contribution in [3.05, 3.63) is 64.6 Å². The number of para-hydroxylation sites is 2. The molecule has 2 aromatic rings. The molecule has 8 heteroatoms. The Morgan fingerprint density at radius 2 is 1.92 bits per heavy atom. The van der Waals surface area contributed by atoms with Gasteiger partial charge in [0.25, 0.3) is 5.91 Å². The number of carbonyl (C=O) groups excluding carboxylic acids is 1. The first-order chi connectivity index (χ1) is 11.9. The molecule has 25 heavy (non-hydrogen) atoms. The number of alkyl halides is 3. The topological polar surface area (TPSA) is 58.4 Å². The number of hydrogen-bond acceptors (Lipinski definition) is 3. The van der Waals surface area contributed by atoms with Crippen LogP contribution < -0.4 is 10.1 Å². The quantitative estimate of drug-likeness (QED) is 0.856. The zero-order valence-corrected chi connectivity index (χ0v) is 12.9. The smallest absolute Gasteiger partial charge is 0.416 e. The van der Waals surface area contributed by atoms with Crippen LogP contribution >= 0.6 is 0 Å². The lowest BCUT2D eigenvalue weighted by Gasteiger charge is -2.09. The normalized spacial score (nSPS) is 16.3. The van der Waals surface area contributed by atoms with Crippen LogP contribution in [0.1, 0.15) is 22.3 Å². The Kier molecular flexibility index (Phi) is 4.43. The van der Waals surface area contributed by atoms with Crippen molar-refractivity contribution in [2.75, 3.05) is 6.54 Å². The van der Waals surface area contributed by atoms with Crippen molar-refractivity contribution in [2.24, 2.45) is 0 Å². The third-order valence-electron chi connectivity index (χ3n) is 3.76. The van der Waals surface area contributed by atoms with Crippen LogP contribution in [0.2, 0.25) is 0 Å². The molecule has 0 aliphatic carbocycles. The van der Waals surface area contributed by atoms with Gasteiger partial charge in [-0.25, -0.2) is 0 Å². The summed E-state index contributed by atoms with van der Waals surface area (Å²) in [6.07, 6.45) is -5.09. The SMILES string of the molecule is O=C(NCCC1Oc2ccccc2[N+]1=O)c1cccc(C(F)(F)F)c1. The van der Waals surface area contributed by atoms with E-state index in [1.807, 2.05) is 0 Å². The molecule has 0 fully saturated rings. The van der Waals surface area contributed by atoms with Crippen molar-refractivity contribution >= 4 is 11.6 Å². The van der Waals surface area contributed by atoms with E-state index in [0.717, 1.165) is 12.1 Å². The molecule has 0 saturated carbocycles. The largest absolute Gasteiger partial charge is 0.423 e. The molecule has 2 aromatic carbocycles. The zero-order valence-electron chi connectivity index (χ0n) is 12.9. The van der Waals surface area contributed by atoms with Crippen LogP contribution in [-0.2, 0) is 6.18 Å². The van der Waals surface area contributed by atoms with Gasteiger partial charge >= 0.3 is 18.1 Å². The highest BCUT2D eigenvalue weighted by molar-refractivity contribution is 5.94. The van der Waals surface area contributed by atoms with Crippen molar-refractivity contribution < 1.29 is 27.5 Å². The molecular formula is C17H14F3N2O3+. The third-order valence-corrected chi connectivity index (χ3v) is 3.76. The second-order valence-corrected chi connectivity index (χ2v) is 5.49. The van der Waals surface area contributed by atoms with Gasteiger partial charge in [0.2, 0.25) is 5.75 Å². The molecule has 130 valence electrons. The molecular weight excluding hydrogens is 337 g/mol. The highest BCUT2D eigenvalue weighted by Crippen LogP contribution is 2.35. The summed E-state index contributed by atoms with van der Waals surface area (Å²) in [5.41, 5.74) is -0.568. The van der Waals surface area contributed by atoms with Gasteiger partial charge in [-0.3, -0.25) is 4.79 Å². The first kappa shape index (κ1) is 16.9. The van der Waals surface area contributed by atoms with Crippen molar-refractivity contribution in [1.82, 2.24) is 5.32 Å². The van der Waals surface area contributed by atoms with E-state index in [1.165, 1.54) is 12.1 Å². The summed E-state index contributed by atoms with van der Waals surface area (Å²) in [6.45, 7) is 0.0898. The fraction of sp³-hybridized carbons (Fsp3) is 0.235. The number of nitroso groups, excluding NO2 is 1. The van der Waals surface area contributed by atoms with Gasteiger partial charge in [-0.1, -0.05) is 18.2 Å².